The normalized spacial score (nSPS) is 11.2. The molecule has 0 aliphatic heterocycles. The third kappa shape index (κ3) is 3.68. The molecule has 0 radical (unpaired) electrons. The fourth-order valence-corrected chi connectivity index (χ4v) is 1.67. The van der Waals surface area contributed by atoms with Crippen LogP contribution in [0.1, 0.15) is 30.1 Å². The number of nitro benzene ring substituents is 1. The van der Waals surface area contributed by atoms with Gasteiger partial charge in [-0.2, -0.15) is 5.26 Å². The van der Waals surface area contributed by atoms with Crippen molar-refractivity contribution in [1.82, 2.24) is 5.32 Å². The lowest BCUT2D eigenvalue weighted by molar-refractivity contribution is -0.385. The second-order valence-corrected chi connectivity index (χ2v) is 4.09. The lowest BCUT2D eigenvalue weighted by Crippen LogP contribution is -2.33. The molecule has 20 heavy (non-hydrogen) atoms. The number of nitro groups is 1. The summed E-state index contributed by atoms with van der Waals surface area (Å²) in [5, 5.41) is 22.3. The van der Waals surface area contributed by atoms with E-state index in [0.29, 0.717) is 6.42 Å². The van der Waals surface area contributed by atoms with Crippen LogP contribution in [0.4, 0.5) is 5.69 Å². The van der Waals surface area contributed by atoms with E-state index in [0.717, 1.165) is 12.5 Å². The van der Waals surface area contributed by atoms with Gasteiger partial charge in [0.2, 0.25) is 0 Å². The molecule has 0 aliphatic carbocycles. The number of benzene rings is 1. The van der Waals surface area contributed by atoms with Crippen molar-refractivity contribution in [2.45, 2.75) is 25.8 Å². The summed E-state index contributed by atoms with van der Waals surface area (Å²) < 4.78 is 4.86. The number of nitrogens with one attached hydrogen (secondary N) is 1. The Hall–Kier alpha value is -2.62. The van der Waals surface area contributed by atoms with Gasteiger partial charge in [0, 0.05) is 11.6 Å². The number of carbonyl (C=O) groups is 1. The van der Waals surface area contributed by atoms with Gasteiger partial charge in [-0.15, -0.1) is 0 Å². The molecular weight excluding hydrogens is 262 g/mol. The minimum atomic E-state index is -0.622. The van der Waals surface area contributed by atoms with Crippen molar-refractivity contribution in [3.63, 3.8) is 0 Å². The summed E-state index contributed by atoms with van der Waals surface area (Å²) >= 11 is 0. The van der Waals surface area contributed by atoms with E-state index < -0.39 is 16.9 Å². The van der Waals surface area contributed by atoms with Gasteiger partial charge in [0.05, 0.1) is 18.1 Å². The highest BCUT2D eigenvalue weighted by molar-refractivity contribution is 5.95. The topological polar surface area (TPSA) is 105 Å². The number of amides is 1. The summed E-state index contributed by atoms with van der Waals surface area (Å²) in [5.41, 5.74) is -0.169. The Morgan fingerprint density at radius 1 is 1.60 bits per heavy atom. The average molecular weight is 277 g/mol. The molecule has 0 fully saturated rings. The molecule has 0 spiro atoms. The first-order chi connectivity index (χ1) is 9.53. The third-order valence-corrected chi connectivity index (χ3v) is 2.68. The molecule has 1 amide bonds. The van der Waals surface area contributed by atoms with Crippen molar-refractivity contribution in [3.8, 4) is 11.8 Å². The summed E-state index contributed by atoms with van der Waals surface area (Å²) in [4.78, 5) is 22.2. The number of carbonyl (C=O) groups excluding carboxylic acids is 1. The Morgan fingerprint density at radius 2 is 2.30 bits per heavy atom. The van der Waals surface area contributed by atoms with Gasteiger partial charge in [-0.3, -0.25) is 14.9 Å². The fourth-order valence-electron chi connectivity index (χ4n) is 1.67. The monoisotopic (exact) mass is 277 g/mol. The van der Waals surface area contributed by atoms with Gasteiger partial charge in [0.15, 0.2) is 5.75 Å². The van der Waals surface area contributed by atoms with Gasteiger partial charge in [0.25, 0.3) is 5.91 Å². The quantitative estimate of drug-likeness (QED) is 0.632. The average Bonchev–Trinajstić information content (AvgIpc) is 2.45. The molecule has 1 aromatic rings. The lowest BCUT2D eigenvalue weighted by Gasteiger charge is -2.10. The predicted molar refractivity (Wildman–Crippen MR) is 71.4 cm³/mol. The van der Waals surface area contributed by atoms with E-state index in [2.05, 4.69) is 5.32 Å². The summed E-state index contributed by atoms with van der Waals surface area (Å²) in [7, 11) is 1.31. The molecule has 1 aromatic carbocycles. The van der Waals surface area contributed by atoms with E-state index in [-0.39, 0.29) is 17.0 Å². The van der Waals surface area contributed by atoms with Gasteiger partial charge >= 0.3 is 5.69 Å². The maximum Gasteiger partial charge on any atom is 0.311 e. The van der Waals surface area contributed by atoms with Gasteiger partial charge in [-0.05, 0) is 18.6 Å². The molecule has 0 aliphatic rings. The van der Waals surface area contributed by atoms with Crippen LogP contribution in [0.25, 0.3) is 0 Å². The van der Waals surface area contributed by atoms with Gasteiger partial charge in [-0.25, -0.2) is 0 Å². The lowest BCUT2D eigenvalue weighted by atomic mass is 10.1. The van der Waals surface area contributed by atoms with Gasteiger partial charge in [0.1, 0.15) is 6.04 Å². The van der Waals surface area contributed by atoms with Crippen LogP contribution in [0.2, 0.25) is 0 Å². The third-order valence-electron chi connectivity index (χ3n) is 2.68. The number of hydrogen-bond donors (Lipinski definition) is 1. The van der Waals surface area contributed by atoms with E-state index in [1.165, 1.54) is 19.2 Å². The van der Waals surface area contributed by atoms with Crippen LogP contribution in [0, 0.1) is 21.4 Å². The maximum atomic E-state index is 11.9. The van der Waals surface area contributed by atoms with E-state index in [9.17, 15) is 14.9 Å². The van der Waals surface area contributed by atoms with Crippen LogP contribution >= 0.6 is 0 Å². The second kappa shape index (κ2) is 7.09. The molecule has 1 unspecified atom stereocenters. The van der Waals surface area contributed by atoms with Gasteiger partial charge < -0.3 is 10.1 Å². The molecule has 7 heteroatoms. The zero-order chi connectivity index (χ0) is 15.1. The molecule has 0 saturated carbocycles. The van der Waals surface area contributed by atoms with Crippen molar-refractivity contribution >= 4 is 11.6 Å². The van der Waals surface area contributed by atoms with Crippen LogP contribution < -0.4 is 10.1 Å². The Labute approximate surface area is 116 Å². The minimum absolute atomic E-state index is 0.0805. The van der Waals surface area contributed by atoms with E-state index in [4.69, 9.17) is 10.00 Å². The van der Waals surface area contributed by atoms with Gasteiger partial charge in [-0.1, -0.05) is 13.3 Å². The first kappa shape index (κ1) is 15.4. The van der Waals surface area contributed by atoms with Crippen LogP contribution in [0.15, 0.2) is 18.2 Å². The molecule has 106 valence electrons. The number of methoxy groups -OCH3 is 1. The van der Waals surface area contributed by atoms with E-state index in [1.54, 1.807) is 0 Å². The van der Waals surface area contributed by atoms with Crippen molar-refractivity contribution < 1.29 is 14.5 Å². The number of ether oxygens (including phenoxy) is 1. The molecule has 0 bridgehead atoms. The minimum Gasteiger partial charge on any atom is -0.490 e. The number of rotatable bonds is 6. The smallest absolute Gasteiger partial charge is 0.311 e. The number of nitrogens with zero attached hydrogens (tertiary/aromatic N) is 2. The summed E-state index contributed by atoms with van der Waals surface area (Å²) in [6.07, 6.45) is 1.28. The molecule has 0 aromatic heterocycles. The second-order valence-electron chi connectivity index (χ2n) is 4.09. The highest BCUT2D eigenvalue weighted by Gasteiger charge is 2.19. The SMILES string of the molecule is CCCC(C#N)NC(=O)c1ccc(OC)c([N+](=O)[O-])c1. The molecule has 1 N–H and O–H groups in total. The Morgan fingerprint density at radius 3 is 2.80 bits per heavy atom. The number of hydrogen-bond acceptors (Lipinski definition) is 5. The summed E-state index contributed by atoms with van der Waals surface area (Å²) in [6, 6.07) is 5.28. The number of nitriles is 1. The molecular formula is C13H15N3O4. The van der Waals surface area contributed by atoms with Crippen molar-refractivity contribution in [1.29, 1.82) is 5.26 Å². The summed E-state index contributed by atoms with van der Waals surface area (Å²) in [6.45, 7) is 1.90. The molecule has 1 atom stereocenters. The molecule has 0 heterocycles. The summed E-state index contributed by atoms with van der Waals surface area (Å²) in [5.74, 6) is -0.437. The zero-order valence-electron chi connectivity index (χ0n) is 11.3. The largest absolute Gasteiger partial charge is 0.490 e. The standard InChI is InChI=1S/C13H15N3O4/c1-3-4-10(8-14)15-13(17)9-5-6-12(20-2)11(7-9)16(18)19/h5-7,10H,3-4H2,1-2H3,(H,15,17). The van der Waals surface area contributed by atoms with Crippen LogP contribution in [0.3, 0.4) is 0 Å². The highest BCUT2D eigenvalue weighted by Crippen LogP contribution is 2.27. The van der Waals surface area contributed by atoms with E-state index in [1.807, 2.05) is 13.0 Å². The van der Waals surface area contributed by atoms with Crippen molar-refractivity contribution in [3.05, 3.63) is 33.9 Å². The van der Waals surface area contributed by atoms with E-state index >= 15 is 0 Å². The Balaban J connectivity index is 2.97. The molecule has 1 rings (SSSR count). The van der Waals surface area contributed by atoms with Crippen LogP contribution in [0.5, 0.6) is 5.75 Å². The fraction of sp³-hybridized carbons (Fsp3) is 0.385. The highest BCUT2D eigenvalue weighted by atomic mass is 16.6. The maximum absolute atomic E-state index is 11.9. The Bertz CT molecular complexity index is 551. The van der Waals surface area contributed by atoms with Crippen LogP contribution in [-0.2, 0) is 0 Å². The first-order valence-electron chi connectivity index (χ1n) is 6.06. The Kier molecular flexibility index (Phi) is 5.47. The van der Waals surface area contributed by atoms with Crippen LogP contribution in [-0.4, -0.2) is 24.0 Å². The first-order valence-corrected chi connectivity index (χ1v) is 6.06. The molecule has 7 nitrogen and oxygen atoms in total. The van der Waals surface area contributed by atoms with Crippen molar-refractivity contribution in [2.75, 3.05) is 7.11 Å². The predicted octanol–water partition coefficient (Wildman–Crippen LogP) is 2.03. The molecule has 0 saturated heterocycles. The van der Waals surface area contributed by atoms with Crippen molar-refractivity contribution in [2.24, 2.45) is 0 Å². The zero-order valence-corrected chi connectivity index (χ0v) is 11.3.